The Morgan fingerprint density at radius 3 is 2.71 bits per heavy atom. The molecular formula is C12H9BrF2N2. The molecule has 0 aliphatic rings. The van der Waals surface area contributed by atoms with E-state index >= 15 is 0 Å². The van der Waals surface area contributed by atoms with E-state index in [1.54, 1.807) is 18.2 Å². The molecule has 0 spiro atoms. The molecule has 0 radical (unpaired) electrons. The summed E-state index contributed by atoms with van der Waals surface area (Å²) >= 11 is 3.28. The average Bonchev–Trinajstić information content (AvgIpc) is 2.32. The average molecular weight is 299 g/mol. The van der Waals surface area contributed by atoms with Gasteiger partial charge in [0.2, 0.25) is 5.95 Å². The van der Waals surface area contributed by atoms with Crippen molar-refractivity contribution in [3.8, 4) is 0 Å². The van der Waals surface area contributed by atoms with E-state index in [2.05, 4.69) is 26.2 Å². The molecule has 0 aliphatic carbocycles. The zero-order valence-electron chi connectivity index (χ0n) is 8.75. The molecule has 0 saturated carbocycles. The smallest absolute Gasteiger partial charge is 0.212 e. The lowest BCUT2D eigenvalue weighted by molar-refractivity contribution is 0.584. The fraction of sp³-hybridized carbons (Fsp3) is 0.0833. The zero-order chi connectivity index (χ0) is 12.3. The highest BCUT2D eigenvalue weighted by Crippen LogP contribution is 2.17. The molecule has 2 rings (SSSR count). The lowest BCUT2D eigenvalue weighted by atomic mass is 10.2. The van der Waals surface area contributed by atoms with Gasteiger partial charge in [-0.3, -0.25) is 0 Å². The number of hydrogen-bond acceptors (Lipinski definition) is 2. The summed E-state index contributed by atoms with van der Waals surface area (Å²) in [6, 6.07) is 7.53. The third kappa shape index (κ3) is 3.23. The first kappa shape index (κ1) is 12.0. The van der Waals surface area contributed by atoms with Crippen molar-refractivity contribution >= 4 is 21.6 Å². The second-order valence-electron chi connectivity index (χ2n) is 3.46. The summed E-state index contributed by atoms with van der Waals surface area (Å²) in [7, 11) is 0. The molecule has 2 aromatic rings. The SMILES string of the molecule is Fc1ccc(NCc2cc(Br)ccc2F)cn1. The van der Waals surface area contributed by atoms with Crippen molar-refractivity contribution in [2.45, 2.75) is 6.54 Å². The molecule has 0 atom stereocenters. The molecule has 2 nitrogen and oxygen atoms in total. The van der Waals surface area contributed by atoms with E-state index in [-0.39, 0.29) is 5.82 Å². The summed E-state index contributed by atoms with van der Waals surface area (Å²) < 4.78 is 26.8. The molecule has 0 fully saturated rings. The number of halogens is 3. The molecule has 0 saturated heterocycles. The van der Waals surface area contributed by atoms with Gasteiger partial charge in [-0.05, 0) is 30.3 Å². The number of nitrogens with one attached hydrogen (secondary N) is 1. The molecule has 1 aromatic carbocycles. The zero-order valence-corrected chi connectivity index (χ0v) is 10.3. The van der Waals surface area contributed by atoms with Crippen molar-refractivity contribution in [3.05, 3.63) is 58.3 Å². The Bertz CT molecular complexity index is 514. The van der Waals surface area contributed by atoms with Crippen molar-refractivity contribution in [1.29, 1.82) is 0 Å². The number of anilines is 1. The van der Waals surface area contributed by atoms with E-state index < -0.39 is 5.95 Å². The lowest BCUT2D eigenvalue weighted by Crippen LogP contribution is -2.02. The van der Waals surface area contributed by atoms with Crippen LogP contribution in [-0.4, -0.2) is 4.98 Å². The molecular weight excluding hydrogens is 290 g/mol. The molecule has 88 valence electrons. The Morgan fingerprint density at radius 1 is 1.18 bits per heavy atom. The summed E-state index contributed by atoms with van der Waals surface area (Å²) in [5.41, 5.74) is 1.18. The summed E-state index contributed by atoms with van der Waals surface area (Å²) in [5, 5.41) is 2.97. The van der Waals surface area contributed by atoms with Crippen LogP contribution < -0.4 is 5.32 Å². The number of pyridine rings is 1. The maximum absolute atomic E-state index is 13.4. The van der Waals surface area contributed by atoms with Crippen LogP contribution in [0.2, 0.25) is 0 Å². The number of nitrogens with zero attached hydrogens (tertiary/aromatic N) is 1. The first-order valence-electron chi connectivity index (χ1n) is 4.94. The maximum atomic E-state index is 13.4. The van der Waals surface area contributed by atoms with Gasteiger partial charge in [0.1, 0.15) is 5.82 Å². The molecule has 1 N–H and O–H groups in total. The van der Waals surface area contributed by atoms with Crippen LogP contribution in [0.25, 0.3) is 0 Å². The fourth-order valence-electron chi connectivity index (χ4n) is 1.36. The quantitative estimate of drug-likeness (QED) is 0.873. The van der Waals surface area contributed by atoms with Crippen molar-refractivity contribution in [2.75, 3.05) is 5.32 Å². The first-order chi connectivity index (χ1) is 8.15. The molecule has 1 aromatic heterocycles. The highest BCUT2D eigenvalue weighted by molar-refractivity contribution is 9.10. The Morgan fingerprint density at radius 2 is 2.00 bits per heavy atom. The minimum Gasteiger partial charge on any atom is -0.380 e. The highest BCUT2D eigenvalue weighted by atomic mass is 79.9. The molecule has 0 unspecified atom stereocenters. The van der Waals surface area contributed by atoms with Gasteiger partial charge in [0.05, 0.1) is 11.9 Å². The van der Waals surface area contributed by atoms with Gasteiger partial charge >= 0.3 is 0 Å². The van der Waals surface area contributed by atoms with E-state index in [4.69, 9.17) is 0 Å². The summed E-state index contributed by atoms with van der Waals surface area (Å²) in [5.74, 6) is -0.819. The van der Waals surface area contributed by atoms with Crippen molar-refractivity contribution in [2.24, 2.45) is 0 Å². The number of rotatable bonds is 3. The number of hydrogen-bond donors (Lipinski definition) is 1. The van der Waals surface area contributed by atoms with E-state index in [0.29, 0.717) is 17.8 Å². The largest absolute Gasteiger partial charge is 0.380 e. The normalized spacial score (nSPS) is 10.3. The summed E-state index contributed by atoms with van der Waals surface area (Å²) in [6.45, 7) is 0.318. The fourth-order valence-corrected chi connectivity index (χ4v) is 1.76. The topological polar surface area (TPSA) is 24.9 Å². The van der Waals surface area contributed by atoms with Gasteiger partial charge in [0, 0.05) is 16.6 Å². The van der Waals surface area contributed by atoms with E-state index in [1.807, 2.05) is 0 Å². The van der Waals surface area contributed by atoms with E-state index in [1.165, 1.54) is 18.3 Å². The highest BCUT2D eigenvalue weighted by Gasteiger charge is 2.02. The third-order valence-electron chi connectivity index (χ3n) is 2.22. The number of aromatic nitrogens is 1. The minimum absolute atomic E-state index is 0.282. The molecule has 17 heavy (non-hydrogen) atoms. The van der Waals surface area contributed by atoms with Gasteiger partial charge in [-0.25, -0.2) is 9.37 Å². The van der Waals surface area contributed by atoms with Gasteiger partial charge < -0.3 is 5.32 Å². The molecule has 5 heteroatoms. The van der Waals surface area contributed by atoms with Crippen molar-refractivity contribution in [1.82, 2.24) is 4.98 Å². The minimum atomic E-state index is -0.538. The van der Waals surface area contributed by atoms with Gasteiger partial charge in [-0.2, -0.15) is 4.39 Å². The summed E-state index contributed by atoms with van der Waals surface area (Å²) in [6.07, 6.45) is 1.37. The Hall–Kier alpha value is -1.49. The van der Waals surface area contributed by atoms with Crippen LogP contribution in [0.15, 0.2) is 41.0 Å². The second kappa shape index (κ2) is 5.23. The van der Waals surface area contributed by atoms with Gasteiger partial charge in [0.25, 0.3) is 0 Å². The number of benzene rings is 1. The predicted octanol–water partition coefficient (Wildman–Crippen LogP) is 3.73. The molecule has 0 aliphatic heterocycles. The van der Waals surface area contributed by atoms with Crippen LogP contribution in [0.4, 0.5) is 14.5 Å². The van der Waals surface area contributed by atoms with Crippen molar-refractivity contribution in [3.63, 3.8) is 0 Å². The second-order valence-corrected chi connectivity index (χ2v) is 4.37. The molecule has 0 amide bonds. The summed E-state index contributed by atoms with van der Waals surface area (Å²) in [4.78, 5) is 3.50. The molecule has 0 bridgehead atoms. The first-order valence-corrected chi connectivity index (χ1v) is 5.74. The van der Waals surface area contributed by atoms with Gasteiger partial charge in [-0.1, -0.05) is 15.9 Å². The Kier molecular flexibility index (Phi) is 3.68. The monoisotopic (exact) mass is 298 g/mol. The van der Waals surface area contributed by atoms with Crippen LogP contribution in [0.3, 0.4) is 0 Å². The maximum Gasteiger partial charge on any atom is 0.212 e. The Labute approximate surface area is 106 Å². The van der Waals surface area contributed by atoms with E-state index in [0.717, 1.165) is 4.47 Å². The van der Waals surface area contributed by atoms with Crippen LogP contribution in [-0.2, 0) is 6.54 Å². The van der Waals surface area contributed by atoms with E-state index in [9.17, 15) is 8.78 Å². The standard InChI is InChI=1S/C12H9BrF2N2/c13-9-1-3-11(14)8(5-9)6-16-10-2-4-12(15)17-7-10/h1-5,7,16H,6H2. The van der Waals surface area contributed by atoms with Crippen LogP contribution in [0, 0.1) is 11.8 Å². The lowest BCUT2D eigenvalue weighted by Gasteiger charge is -2.07. The predicted molar refractivity (Wildman–Crippen MR) is 65.6 cm³/mol. The van der Waals surface area contributed by atoms with Gasteiger partial charge in [-0.15, -0.1) is 0 Å². The van der Waals surface area contributed by atoms with Crippen molar-refractivity contribution < 1.29 is 8.78 Å². The molecule has 1 heterocycles. The van der Waals surface area contributed by atoms with Gasteiger partial charge in [0.15, 0.2) is 0 Å². The van der Waals surface area contributed by atoms with Crippen LogP contribution in [0.5, 0.6) is 0 Å². The van der Waals surface area contributed by atoms with Crippen LogP contribution >= 0.6 is 15.9 Å². The third-order valence-corrected chi connectivity index (χ3v) is 2.71. The van der Waals surface area contributed by atoms with Crippen LogP contribution in [0.1, 0.15) is 5.56 Å². The Balaban J connectivity index is 2.07.